The molecule has 2 rings (SSSR count). The summed E-state index contributed by atoms with van der Waals surface area (Å²) in [5, 5.41) is 14.9. The monoisotopic (exact) mass is 269 g/mol. The molecule has 2 aromatic rings. The predicted molar refractivity (Wildman–Crippen MR) is 61.3 cm³/mol. The van der Waals surface area contributed by atoms with Crippen molar-refractivity contribution in [3.63, 3.8) is 0 Å². The average molecular weight is 269 g/mol. The fourth-order valence-corrected chi connectivity index (χ4v) is 2.04. The number of halogens is 1. The molecule has 1 aromatic carbocycles. The Morgan fingerprint density at radius 3 is 2.78 bits per heavy atom. The fourth-order valence-electron chi connectivity index (χ4n) is 1.24. The molecule has 0 bridgehead atoms. The van der Waals surface area contributed by atoms with E-state index in [0.29, 0.717) is 5.16 Å². The van der Waals surface area contributed by atoms with Crippen LogP contribution in [0.5, 0.6) is 0 Å². The first-order valence-electron chi connectivity index (χ1n) is 4.81. The van der Waals surface area contributed by atoms with E-state index in [9.17, 15) is 14.0 Å². The SMILES string of the molecule is Cn1c(Sc2ccc(C(=O)O)cc2F)n[nH]c1=O. The molecular weight excluding hydrogens is 261 g/mol. The van der Waals surface area contributed by atoms with Crippen molar-refractivity contribution < 1.29 is 14.3 Å². The zero-order valence-corrected chi connectivity index (χ0v) is 9.99. The molecule has 94 valence electrons. The van der Waals surface area contributed by atoms with Gasteiger partial charge >= 0.3 is 11.7 Å². The second-order valence-electron chi connectivity index (χ2n) is 3.42. The summed E-state index contributed by atoms with van der Waals surface area (Å²) in [5.74, 6) is -1.87. The number of nitrogens with zero attached hydrogens (tertiary/aromatic N) is 2. The number of hydrogen-bond acceptors (Lipinski definition) is 4. The number of carboxylic acids is 1. The molecule has 2 N–H and O–H groups in total. The number of nitrogens with one attached hydrogen (secondary N) is 1. The fraction of sp³-hybridized carbons (Fsp3) is 0.100. The minimum atomic E-state index is -1.20. The first kappa shape index (κ1) is 12.4. The van der Waals surface area contributed by atoms with Gasteiger partial charge in [0, 0.05) is 7.05 Å². The van der Waals surface area contributed by atoms with Gasteiger partial charge in [0.1, 0.15) is 5.82 Å². The number of carbonyl (C=O) groups is 1. The van der Waals surface area contributed by atoms with Crippen molar-refractivity contribution in [2.45, 2.75) is 10.1 Å². The van der Waals surface area contributed by atoms with Crippen LogP contribution in [0.1, 0.15) is 10.4 Å². The first-order chi connectivity index (χ1) is 8.49. The minimum Gasteiger partial charge on any atom is -0.478 e. The summed E-state index contributed by atoms with van der Waals surface area (Å²) in [6, 6.07) is 3.55. The largest absolute Gasteiger partial charge is 0.478 e. The summed E-state index contributed by atoms with van der Waals surface area (Å²) in [6.45, 7) is 0. The Morgan fingerprint density at radius 1 is 1.56 bits per heavy atom. The lowest BCUT2D eigenvalue weighted by atomic mass is 10.2. The van der Waals surface area contributed by atoms with Gasteiger partial charge in [-0.05, 0) is 30.0 Å². The Balaban J connectivity index is 2.33. The lowest BCUT2D eigenvalue weighted by Gasteiger charge is -2.02. The number of hydrogen-bond donors (Lipinski definition) is 2. The Bertz CT molecular complexity index is 665. The zero-order chi connectivity index (χ0) is 13.3. The molecule has 1 aromatic heterocycles. The van der Waals surface area contributed by atoms with E-state index in [1.165, 1.54) is 23.7 Å². The maximum Gasteiger partial charge on any atom is 0.343 e. The summed E-state index contributed by atoms with van der Waals surface area (Å²) in [6.07, 6.45) is 0. The van der Waals surface area contributed by atoms with Gasteiger partial charge in [0.25, 0.3) is 0 Å². The summed E-state index contributed by atoms with van der Waals surface area (Å²) in [7, 11) is 1.50. The molecule has 8 heteroatoms. The number of aromatic amines is 1. The highest BCUT2D eigenvalue weighted by Gasteiger charge is 2.12. The third-order valence-electron chi connectivity index (χ3n) is 2.22. The van der Waals surface area contributed by atoms with Crippen LogP contribution in [-0.4, -0.2) is 25.8 Å². The van der Waals surface area contributed by atoms with Crippen LogP contribution >= 0.6 is 11.8 Å². The van der Waals surface area contributed by atoms with Crippen LogP contribution in [-0.2, 0) is 7.05 Å². The lowest BCUT2D eigenvalue weighted by Crippen LogP contribution is -2.12. The molecular formula is C10H8FN3O3S. The van der Waals surface area contributed by atoms with E-state index in [1.807, 2.05) is 0 Å². The van der Waals surface area contributed by atoms with Crippen molar-refractivity contribution in [3.8, 4) is 0 Å². The zero-order valence-electron chi connectivity index (χ0n) is 9.18. The number of aromatic nitrogens is 3. The van der Waals surface area contributed by atoms with Gasteiger partial charge in [-0.2, -0.15) is 0 Å². The Hall–Kier alpha value is -2.09. The Labute approximate surface area is 104 Å². The minimum absolute atomic E-state index is 0.132. The van der Waals surface area contributed by atoms with E-state index in [0.717, 1.165) is 17.8 Å². The van der Waals surface area contributed by atoms with E-state index in [4.69, 9.17) is 5.11 Å². The van der Waals surface area contributed by atoms with Gasteiger partial charge < -0.3 is 5.11 Å². The smallest absolute Gasteiger partial charge is 0.343 e. The molecule has 0 atom stereocenters. The third-order valence-corrected chi connectivity index (χ3v) is 3.32. The molecule has 0 saturated heterocycles. The van der Waals surface area contributed by atoms with Gasteiger partial charge in [-0.15, -0.1) is 5.10 Å². The highest BCUT2D eigenvalue weighted by Crippen LogP contribution is 2.27. The summed E-state index contributed by atoms with van der Waals surface area (Å²) < 4.78 is 14.9. The van der Waals surface area contributed by atoms with Crippen LogP contribution in [0.4, 0.5) is 4.39 Å². The van der Waals surface area contributed by atoms with Gasteiger partial charge in [-0.25, -0.2) is 19.1 Å². The molecule has 0 saturated carbocycles. The van der Waals surface area contributed by atoms with E-state index >= 15 is 0 Å². The van der Waals surface area contributed by atoms with Gasteiger partial charge in [0.2, 0.25) is 0 Å². The Kier molecular flexibility index (Phi) is 3.19. The number of carboxylic acid groups (broad SMARTS) is 1. The molecule has 1 heterocycles. The number of H-pyrrole nitrogens is 1. The molecule has 0 spiro atoms. The predicted octanol–water partition coefficient (Wildman–Crippen LogP) is 1.10. The standard InChI is InChI=1S/C10H8FN3O3S/c1-14-9(17)12-13-10(14)18-7-3-2-5(8(15)16)4-6(7)11/h2-4H,1H3,(H,12,17)(H,15,16). The van der Waals surface area contributed by atoms with Crippen LogP contribution in [0.15, 0.2) is 33.0 Å². The highest BCUT2D eigenvalue weighted by molar-refractivity contribution is 7.99. The molecule has 0 aliphatic heterocycles. The molecule has 0 fully saturated rings. The van der Waals surface area contributed by atoms with Crippen LogP contribution in [0.25, 0.3) is 0 Å². The van der Waals surface area contributed by atoms with E-state index in [-0.39, 0.29) is 10.5 Å². The van der Waals surface area contributed by atoms with Crippen LogP contribution < -0.4 is 5.69 Å². The molecule has 0 aliphatic carbocycles. The van der Waals surface area contributed by atoms with E-state index in [1.54, 1.807) is 0 Å². The van der Waals surface area contributed by atoms with E-state index in [2.05, 4.69) is 10.2 Å². The lowest BCUT2D eigenvalue weighted by molar-refractivity contribution is 0.0696. The normalized spacial score (nSPS) is 10.6. The second kappa shape index (κ2) is 4.65. The molecule has 0 amide bonds. The van der Waals surface area contributed by atoms with Gasteiger partial charge in [0.05, 0.1) is 10.5 Å². The molecule has 0 unspecified atom stereocenters. The third kappa shape index (κ3) is 2.28. The Morgan fingerprint density at radius 2 is 2.28 bits per heavy atom. The highest BCUT2D eigenvalue weighted by atomic mass is 32.2. The average Bonchev–Trinajstić information content (AvgIpc) is 2.63. The number of aromatic carboxylic acids is 1. The summed E-state index contributed by atoms with van der Waals surface area (Å²) >= 11 is 0.935. The maximum atomic E-state index is 13.6. The molecule has 6 nitrogen and oxygen atoms in total. The van der Waals surface area contributed by atoms with Crippen molar-refractivity contribution in [2.75, 3.05) is 0 Å². The maximum absolute atomic E-state index is 13.6. The quantitative estimate of drug-likeness (QED) is 0.871. The van der Waals surface area contributed by atoms with Gasteiger partial charge in [0.15, 0.2) is 5.16 Å². The summed E-state index contributed by atoms with van der Waals surface area (Å²) in [4.78, 5) is 22.0. The van der Waals surface area contributed by atoms with E-state index < -0.39 is 17.5 Å². The van der Waals surface area contributed by atoms with Gasteiger partial charge in [-0.1, -0.05) is 0 Å². The van der Waals surface area contributed by atoms with Crippen LogP contribution in [0.2, 0.25) is 0 Å². The molecule has 0 aliphatic rings. The van der Waals surface area contributed by atoms with Crippen molar-refractivity contribution >= 4 is 17.7 Å². The van der Waals surface area contributed by atoms with Crippen LogP contribution in [0.3, 0.4) is 0 Å². The summed E-state index contributed by atoms with van der Waals surface area (Å²) in [5.41, 5.74) is -0.534. The number of rotatable bonds is 3. The van der Waals surface area contributed by atoms with Crippen molar-refractivity contribution in [1.82, 2.24) is 14.8 Å². The number of benzene rings is 1. The van der Waals surface area contributed by atoms with Gasteiger partial charge in [-0.3, -0.25) is 4.57 Å². The van der Waals surface area contributed by atoms with Crippen LogP contribution in [0, 0.1) is 5.82 Å². The molecule has 18 heavy (non-hydrogen) atoms. The van der Waals surface area contributed by atoms with Crippen molar-refractivity contribution in [3.05, 3.63) is 40.1 Å². The van der Waals surface area contributed by atoms with Crippen molar-refractivity contribution in [1.29, 1.82) is 0 Å². The molecule has 0 radical (unpaired) electrons. The topological polar surface area (TPSA) is 88.0 Å². The second-order valence-corrected chi connectivity index (χ2v) is 4.43. The first-order valence-corrected chi connectivity index (χ1v) is 5.63. The van der Waals surface area contributed by atoms with Crippen molar-refractivity contribution in [2.24, 2.45) is 7.05 Å².